The van der Waals surface area contributed by atoms with E-state index in [1.807, 2.05) is 67.6 Å². The van der Waals surface area contributed by atoms with Crippen LogP contribution in [0, 0.1) is 11.3 Å². The Kier molecular flexibility index (Phi) is 4.10. The number of para-hydroxylation sites is 1. The average Bonchev–Trinajstić information content (AvgIpc) is 2.66. The number of hydrogen-bond acceptors (Lipinski definition) is 3. The van der Waals surface area contributed by atoms with E-state index in [0.29, 0.717) is 23.5 Å². The molecule has 0 heterocycles. The molecular formula is C23H20O3. The fraction of sp³-hybridized carbons (Fsp3) is 0.261. The van der Waals surface area contributed by atoms with Crippen molar-refractivity contribution in [3.63, 3.8) is 0 Å². The molecule has 0 spiro atoms. The van der Waals surface area contributed by atoms with Crippen molar-refractivity contribution in [1.82, 2.24) is 0 Å². The number of benzene rings is 2. The second kappa shape index (κ2) is 6.44. The minimum absolute atomic E-state index is 0.192. The van der Waals surface area contributed by atoms with Gasteiger partial charge < -0.3 is 4.74 Å². The molecule has 3 heteroatoms. The Morgan fingerprint density at radius 1 is 1.08 bits per heavy atom. The molecule has 0 aromatic heterocycles. The number of allylic oxidation sites excluding steroid dienone is 2. The molecule has 0 unspecified atom stereocenters. The van der Waals surface area contributed by atoms with Crippen molar-refractivity contribution in [2.45, 2.75) is 26.2 Å². The third-order valence-electron chi connectivity index (χ3n) is 5.50. The first kappa shape index (κ1) is 16.6. The van der Waals surface area contributed by atoms with Crippen LogP contribution in [0.5, 0.6) is 5.75 Å². The molecule has 0 radical (unpaired) electrons. The first-order valence-corrected chi connectivity index (χ1v) is 8.93. The SMILES string of the molecule is C[C@]12CC[C@H](C(=O)C1)/C(=C(\Oc1ccccc1)c1ccccc1)C2=C=O. The van der Waals surface area contributed by atoms with Crippen LogP contribution < -0.4 is 4.74 Å². The van der Waals surface area contributed by atoms with Crippen LogP contribution in [0.4, 0.5) is 0 Å². The highest BCUT2D eigenvalue weighted by molar-refractivity contribution is 5.95. The van der Waals surface area contributed by atoms with E-state index in [4.69, 9.17) is 4.74 Å². The fourth-order valence-corrected chi connectivity index (χ4v) is 4.15. The molecule has 3 nitrogen and oxygen atoms in total. The lowest BCUT2D eigenvalue weighted by Crippen LogP contribution is -2.43. The molecule has 0 saturated heterocycles. The monoisotopic (exact) mass is 344 g/mol. The summed E-state index contributed by atoms with van der Waals surface area (Å²) in [5, 5.41) is 0. The zero-order valence-corrected chi connectivity index (χ0v) is 14.7. The number of hydrogen-bond donors (Lipinski definition) is 0. The highest BCUT2D eigenvalue weighted by Crippen LogP contribution is 2.55. The smallest absolute Gasteiger partial charge is 0.141 e. The number of carbonyl (C=O) groups excluding carboxylic acids is 2. The Morgan fingerprint density at radius 2 is 1.73 bits per heavy atom. The summed E-state index contributed by atoms with van der Waals surface area (Å²) in [6, 6.07) is 19.2. The molecule has 2 bridgehead atoms. The fourth-order valence-electron chi connectivity index (χ4n) is 4.15. The highest BCUT2D eigenvalue weighted by atomic mass is 16.5. The molecule has 0 aliphatic heterocycles. The summed E-state index contributed by atoms with van der Waals surface area (Å²) in [7, 11) is 0. The van der Waals surface area contributed by atoms with E-state index in [1.54, 1.807) is 0 Å². The molecule has 3 aliphatic carbocycles. The zero-order valence-electron chi connectivity index (χ0n) is 14.7. The highest BCUT2D eigenvalue weighted by Gasteiger charge is 2.51. The van der Waals surface area contributed by atoms with Gasteiger partial charge in [0.1, 0.15) is 23.2 Å². The third-order valence-corrected chi connectivity index (χ3v) is 5.50. The van der Waals surface area contributed by atoms with Gasteiger partial charge in [-0.05, 0) is 25.0 Å². The summed E-state index contributed by atoms with van der Waals surface area (Å²) in [4.78, 5) is 24.6. The lowest BCUT2D eigenvalue weighted by atomic mass is 9.56. The van der Waals surface area contributed by atoms with Gasteiger partial charge in [0.05, 0.1) is 0 Å². The second-order valence-corrected chi connectivity index (χ2v) is 7.30. The third kappa shape index (κ3) is 2.71. The lowest BCUT2D eigenvalue weighted by molar-refractivity contribution is -0.127. The largest absolute Gasteiger partial charge is 0.456 e. The summed E-state index contributed by atoms with van der Waals surface area (Å²) in [5.41, 5.74) is 1.74. The maximum atomic E-state index is 12.7. The van der Waals surface area contributed by atoms with Gasteiger partial charge in [0, 0.05) is 34.5 Å². The molecular weight excluding hydrogens is 324 g/mol. The Labute approximate surface area is 153 Å². The van der Waals surface area contributed by atoms with Crippen molar-refractivity contribution in [3.8, 4) is 5.75 Å². The van der Waals surface area contributed by atoms with E-state index in [-0.39, 0.29) is 11.7 Å². The van der Waals surface area contributed by atoms with E-state index >= 15 is 0 Å². The van der Waals surface area contributed by atoms with Crippen molar-refractivity contribution >= 4 is 17.5 Å². The maximum Gasteiger partial charge on any atom is 0.141 e. The van der Waals surface area contributed by atoms with Crippen LogP contribution in [-0.2, 0) is 9.59 Å². The van der Waals surface area contributed by atoms with Crippen LogP contribution in [-0.4, -0.2) is 11.7 Å². The lowest BCUT2D eigenvalue weighted by Gasteiger charge is -2.45. The molecule has 130 valence electrons. The number of ether oxygens (including phenoxy) is 1. The number of carbonyl (C=O) groups is 1. The number of fused-ring (bicyclic) bond motifs is 3. The van der Waals surface area contributed by atoms with Crippen molar-refractivity contribution in [2.75, 3.05) is 0 Å². The summed E-state index contributed by atoms with van der Waals surface area (Å²) < 4.78 is 6.25. The summed E-state index contributed by atoms with van der Waals surface area (Å²) in [6.45, 7) is 1.99. The molecule has 2 aromatic rings. The minimum atomic E-state index is -0.441. The Bertz CT molecular complexity index is 920. The van der Waals surface area contributed by atoms with Gasteiger partial charge in [-0.1, -0.05) is 55.5 Å². The van der Waals surface area contributed by atoms with Gasteiger partial charge in [-0.25, -0.2) is 4.79 Å². The van der Waals surface area contributed by atoms with E-state index in [9.17, 15) is 9.59 Å². The van der Waals surface area contributed by atoms with Crippen LogP contribution in [0.2, 0.25) is 0 Å². The van der Waals surface area contributed by atoms with Crippen molar-refractivity contribution in [2.24, 2.45) is 11.3 Å². The molecule has 5 rings (SSSR count). The molecule has 0 N–H and O–H groups in total. The Hall–Kier alpha value is -2.90. The topological polar surface area (TPSA) is 43.4 Å². The van der Waals surface area contributed by atoms with Gasteiger partial charge in [-0.15, -0.1) is 0 Å². The molecule has 3 aliphatic rings. The molecule has 2 aromatic carbocycles. The predicted molar refractivity (Wildman–Crippen MR) is 100 cm³/mol. The molecule has 2 atom stereocenters. The standard InChI is InChI=1S/C23H20O3/c1-23-13-12-18(20(25)14-23)21(19(23)15-24)22(16-8-4-2-5-9-16)26-17-10-6-3-7-11-17/h2-11,18H,12-14H2,1H3/b22-21+/t18-,23+/m1/s1. The van der Waals surface area contributed by atoms with Gasteiger partial charge in [-0.2, -0.15) is 0 Å². The summed E-state index contributed by atoms with van der Waals surface area (Å²) in [5.74, 6) is 3.35. The van der Waals surface area contributed by atoms with E-state index < -0.39 is 5.41 Å². The molecule has 26 heavy (non-hydrogen) atoms. The summed E-state index contributed by atoms with van der Waals surface area (Å²) >= 11 is 0. The van der Waals surface area contributed by atoms with Crippen LogP contribution in [0.15, 0.2) is 71.8 Å². The normalized spacial score (nSPS) is 26.4. The van der Waals surface area contributed by atoms with E-state index in [1.165, 1.54) is 0 Å². The van der Waals surface area contributed by atoms with Crippen molar-refractivity contribution in [3.05, 3.63) is 77.4 Å². The van der Waals surface area contributed by atoms with Gasteiger partial charge in [0.15, 0.2) is 0 Å². The Balaban J connectivity index is 1.94. The Morgan fingerprint density at radius 3 is 2.35 bits per heavy atom. The predicted octanol–water partition coefficient (Wildman–Crippen LogP) is 4.62. The first-order chi connectivity index (χ1) is 12.6. The molecule has 3 fully saturated rings. The van der Waals surface area contributed by atoms with Crippen LogP contribution in [0.3, 0.4) is 0 Å². The zero-order chi connectivity index (χ0) is 18.1. The van der Waals surface area contributed by atoms with Gasteiger partial charge in [0.25, 0.3) is 0 Å². The van der Waals surface area contributed by atoms with Crippen molar-refractivity contribution in [1.29, 1.82) is 0 Å². The van der Waals surface area contributed by atoms with E-state index in [0.717, 1.165) is 24.0 Å². The second-order valence-electron chi connectivity index (χ2n) is 7.30. The molecule has 3 saturated carbocycles. The number of Topliss-reactive ketones (excluding diaryl/α,β-unsaturated/α-hetero) is 1. The van der Waals surface area contributed by atoms with Gasteiger partial charge >= 0.3 is 0 Å². The first-order valence-electron chi connectivity index (χ1n) is 8.93. The number of rotatable bonds is 3. The average molecular weight is 344 g/mol. The quantitative estimate of drug-likeness (QED) is 0.602. The van der Waals surface area contributed by atoms with Crippen LogP contribution in [0.25, 0.3) is 5.76 Å². The van der Waals surface area contributed by atoms with Gasteiger partial charge in [-0.3, -0.25) is 4.79 Å². The van der Waals surface area contributed by atoms with Crippen molar-refractivity contribution < 1.29 is 14.3 Å². The van der Waals surface area contributed by atoms with Gasteiger partial charge in [0.2, 0.25) is 0 Å². The van der Waals surface area contributed by atoms with E-state index in [2.05, 4.69) is 5.94 Å². The minimum Gasteiger partial charge on any atom is -0.456 e. The van der Waals surface area contributed by atoms with Crippen LogP contribution >= 0.6 is 0 Å². The van der Waals surface area contributed by atoms with Crippen LogP contribution in [0.1, 0.15) is 31.7 Å². The number of ketones is 1. The maximum absolute atomic E-state index is 12.7. The molecule has 0 amide bonds. The summed E-state index contributed by atoms with van der Waals surface area (Å²) in [6.07, 6.45) is 2.01.